The van der Waals surface area contributed by atoms with Crippen LogP contribution in [0.15, 0.2) is 46.9 Å². The molecule has 0 aliphatic carbocycles. The standard InChI is InChI=1S/C15H12BrClN2O/c1-20-12-5-3-11(4-6-12)19-14-7-2-10(16)8-13(14)18-15(19)9-17/h2-8H,9H2,1H3. The van der Waals surface area contributed by atoms with Gasteiger partial charge in [-0.05, 0) is 42.5 Å². The lowest BCUT2D eigenvalue weighted by atomic mass is 10.2. The molecular formula is C15H12BrClN2O. The van der Waals surface area contributed by atoms with E-state index in [1.807, 2.05) is 42.5 Å². The maximum Gasteiger partial charge on any atom is 0.129 e. The van der Waals surface area contributed by atoms with Gasteiger partial charge in [-0.3, -0.25) is 4.57 Å². The van der Waals surface area contributed by atoms with Crippen LogP contribution < -0.4 is 4.74 Å². The van der Waals surface area contributed by atoms with Gasteiger partial charge in [-0.15, -0.1) is 11.6 Å². The predicted octanol–water partition coefficient (Wildman–Crippen LogP) is 4.54. The van der Waals surface area contributed by atoms with E-state index in [1.54, 1.807) is 7.11 Å². The molecule has 1 heterocycles. The molecule has 3 rings (SSSR count). The molecule has 3 aromatic rings. The topological polar surface area (TPSA) is 27.1 Å². The average Bonchev–Trinajstić information content (AvgIpc) is 2.84. The third-order valence-electron chi connectivity index (χ3n) is 3.14. The van der Waals surface area contributed by atoms with Crippen LogP contribution in [-0.4, -0.2) is 16.7 Å². The second kappa shape index (κ2) is 5.46. The van der Waals surface area contributed by atoms with Crippen LogP contribution in [0.5, 0.6) is 5.75 Å². The zero-order valence-corrected chi connectivity index (χ0v) is 13.1. The number of hydrogen-bond acceptors (Lipinski definition) is 2. The minimum Gasteiger partial charge on any atom is -0.497 e. The minimum absolute atomic E-state index is 0.359. The smallest absolute Gasteiger partial charge is 0.129 e. The van der Waals surface area contributed by atoms with Crippen molar-refractivity contribution in [2.24, 2.45) is 0 Å². The lowest BCUT2D eigenvalue weighted by Gasteiger charge is -2.08. The highest BCUT2D eigenvalue weighted by Gasteiger charge is 2.12. The molecular weight excluding hydrogens is 340 g/mol. The Morgan fingerprint density at radius 2 is 1.95 bits per heavy atom. The summed E-state index contributed by atoms with van der Waals surface area (Å²) in [5, 5.41) is 0. The molecule has 102 valence electrons. The van der Waals surface area contributed by atoms with Gasteiger partial charge in [0.2, 0.25) is 0 Å². The number of alkyl halides is 1. The summed E-state index contributed by atoms with van der Waals surface area (Å²) in [5.41, 5.74) is 2.98. The average molecular weight is 352 g/mol. The Morgan fingerprint density at radius 3 is 2.60 bits per heavy atom. The van der Waals surface area contributed by atoms with Crippen LogP contribution in [0.1, 0.15) is 5.82 Å². The fourth-order valence-electron chi connectivity index (χ4n) is 2.21. The largest absolute Gasteiger partial charge is 0.497 e. The predicted molar refractivity (Wildman–Crippen MR) is 84.9 cm³/mol. The van der Waals surface area contributed by atoms with Gasteiger partial charge < -0.3 is 4.74 Å². The van der Waals surface area contributed by atoms with E-state index in [0.717, 1.165) is 32.8 Å². The maximum atomic E-state index is 6.03. The van der Waals surface area contributed by atoms with E-state index in [9.17, 15) is 0 Å². The van der Waals surface area contributed by atoms with Crippen molar-refractivity contribution < 1.29 is 4.74 Å². The van der Waals surface area contributed by atoms with Crippen molar-refractivity contribution in [3.8, 4) is 11.4 Å². The molecule has 0 saturated carbocycles. The third kappa shape index (κ3) is 2.30. The van der Waals surface area contributed by atoms with E-state index in [1.165, 1.54) is 0 Å². The molecule has 3 nitrogen and oxygen atoms in total. The molecule has 0 aliphatic heterocycles. The number of fused-ring (bicyclic) bond motifs is 1. The number of halogens is 2. The Bertz CT molecular complexity index is 752. The van der Waals surface area contributed by atoms with Crippen molar-refractivity contribution in [3.05, 3.63) is 52.8 Å². The SMILES string of the molecule is COc1ccc(-n2c(CCl)nc3cc(Br)ccc32)cc1. The van der Waals surface area contributed by atoms with Gasteiger partial charge in [-0.1, -0.05) is 15.9 Å². The monoisotopic (exact) mass is 350 g/mol. The van der Waals surface area contributed by atoms with Crippen molar-refractivity contribution in [1.29, 1.82) is 0 Å². The number of benzene rings is 2. The quantitative estimate of drug-likeness (QED) is 0.648. The van der Waals surface area contributed by atoms with Gasteiger partial charge in [-0.25, -0.2) is 4.98 Å². The van der Waals surface area contributed by atoms with Gasteiger partial charge >= 0.3 is 0 Å². The Labute approximate surface area is 130 Å². The first-order valence-electron chi connectivity index (χ1n) is 6.10. The van der Waals surface area contributed by atoms with Gasteiger partial charge in [0.25, 0.3) is 0 Å². The highest BCUT2D eigenvalue weighted by atomic mass is 79.9. The van der Waals surface area contributed by atoms with E-state index >= 15 is 0 Å². The Morgan fingerprint density at radius 1 is 1.20 bits per heavy atom. The number of aromatic nitrogens is 2. The van der Waals surface area contributed by atoms with Crippen LogP contribution in [0.4, 0.5) is 0 Å². The molecule has 0 unspecified atom stereocenters. The maximum absolute atomic E-state index is 6.03. The van der Waals surface area contributed by atoms with Crippen LogP contribution in [0.2, 0.25) is 0 Å². The van der Waals surface area contributed by atoms with E-state index in [2.05, 4.69) is 25.5 Å². The van der Waals surface area contributed by atoms with Crippen molar-refractivity contribution in [2.75, 3.05) is 7.11 Å². The Hall–Kier alpha value is -1.52. The fraction of sp³-hybridized carbons (Fsp3) is 0.133. The Balaban J connectivity index is 2.22. The summed E-state index contributed by atoms with van der Waals surface area (Å²) in [6, 6.07) is 13.9. The summed E-state index contributed by atoms with van der Waals surface area (Å²) in [4.78, 5) is 4.58. The second-order valence-electron chi connectivity index (χ2n) is 4.33. The molecule has 0 N–H and O–H groups in total. The van der Waals surface area contributed by atoms with Gasteiger partial charge in [-0.2, -0.15) is 0 Å². The lowest BCUT2D eigenvalue weighted by Crippen LogP contribution is -1.99. The molecule has 5 heteroatoms. The summed E-state index contributed by atoms with van der Waals surface area (Å²) in [6.45, 7) is 0. The molecule has 0 atom stereocenters. The molecule has 20 heavy (non-hydrogen) atoms. The molecule has 0 spiro atoms. The number of imidazole rings is 1. The number of hydrogen-bond donors (Lipinski definition) is 0. The van der Waals surface area contributed by atoms with Crippen LogP contribution in [0.3, 0.4) is 0 Å². The van der Waals surface area contributed by atoms with Gasteiger partial charge in [0.15, 0.2) is 0 Å². The van der Waals surface area contributed by atoms with Crippen LogP contribution in [0, 0.1) is 0 Å². The molecule has 0 fully saturated rings. The second-order valence-corrected chi connectivity index (χ2v) is 5.51. The first-order valence-corrected chi connectivity index (χ1v) is 7.43. The van der Waals surface area contributed by atoms with Gasteiger partial charge in [0.1, 0.15) is 11.6 Å². The summed E-state index contributed by atoms with van der Waals surface area (Å²) in [7, 11) is 1.66. The highest BCUT2D eigenvalue weighted by molar-refractivity contribution is 9.10. The Kier molecular flexibility index (Phi) is 3.68. The fourth-order valence-corrected chi connectivity index (χ4v) is 2.74. The van der Waals surface area contributed by atoms with Crippen LogP contribution in [0.25, 0.3) is 16.7 Å². The molecule has 0 saturated heterocycles. The number of rotatable bonds is 3. The third-order valence-corrected chi connectivity index (χ3v) is 3.87. The van der Waals surface area contributed by atoms with Gasteiger partial charge in [0.05, 0.1) is 24.0 Å². The first-order chi connectivity index (χ1) is 9.72. The molecule has 2 aromatic carbocycles. The minimum atomic E-state index is 0.359. The molecule has 0 amide bonds. The van der Waals surface area contributed by atoms with Gasteiger partial charge in [0, 0.05) is 10.2 Å². The summed E-state index contributed by atoms with van der Waals surface area (Å²) < 4.78 is 8.26. The molecule has 1 aromatic heterocycles. The van der Waals surface area contributed by atoms with Crippen molar-refractivity contribution in [2.45, 2.75) is 5.88 Å². The molecule has 0 radical (unpaired) electrons. The zero-order valence-electron chi connectivity index (χ0n) is 10.8. The number of ether oxygens (including phenoxy) is 1. The zero-order chi connectivity index (χ0) is 14.1. The first kappa shape index (κ1) is 13.5. The highest BCUT2D eigenvalue weighted by Crippen LogP contribution is 2.26. The van der Waals surface area contributed by atoms with E-state index in [4.69, 9.17) is 16.3 Å². The van der Waals surface area contributed by atoms with Crippen molar-refractivity contribution >= 4 is 38.6 Å². The number of methoxy groups -OCH3 is 1. The molecule has 0 bridgehead atoms. The van der Waals surface area contributed by atoms with Crippen molar-refractivity contribution in [1.82, 2.24) is 9.55 Å². The van der Waals surface area contributed by atoms with E-state index < -0.39 is 0 Å². The van der Waals surface area contributed by atoms with Crippen LogP contribution >= 0.6 is 27.5 Å². The lowest BCUT2D eigenvalue weighted by molar-refractivity contribution is 0.414. The number of nitrogens with zero attached hydrogens (tertiary/aromatic N) is 2. The molecule has 0 aliphatic rings. The summed E-state index contributed by atoms with van der Waals surface area (Å²) >= 11 is 9.50. The van der Waals surface area contributed by atoms with Crippen LogP contribution in [-0.2, 0) is 5.88 Å². The normalized spacial score (nSPS) is 10.9. The van der Waals surface area contributed by atoms with E-state index in [0.29, 0.717) is 5.88 Å². The van der Waals surface area contributed by atoms with E-state index in [-0.39, 0.29) is 0 Å². The van der Waals surface area contributed by atoms with Crippen molar-refractivity contribution in [3.63, 3.8) is 0 Å². The summed E-state index contributed by atoms with van der Waals surface area (Å²) in [6.07, 6.45) is 0. The summed E-state index contributed by atoms with van der Waals surface area (Å²) in [5.74, 6) is 2.01.